The van der Waals surface area contributed by atoms with Gasteiger partial charge < -0.3 is 4.74 Å². The zero-order chi connectivity index (χ0) is 7.78. The number of esters is 1. The number of rotatable bonds is 0. The quantitative estimate of drug-likeness (QED) is 0.467. The minimum atomic E-state index is -0.889. The molecule has 0 saturated carbocycles. The van der Waals surface area contributed by atoms with Crippen molar-refractivity contribution in [2.45, 2.75) is 26.4 Å². The zero-order valence-corrected chi connectivity index (χ0v) is 6.05. The van der Waals surface area contributed by atoms with Crippen molar-refractivity contribution in [2.75, 3.05) is 0 Å². The molecule has 1 aliphatic heterocycles. The predicted octanol–water partition coefficient (Wildman–Crippen LogP) is 0.852. The van der Waals surface area contributed by atoms with Crippen molar-refractivity contribution in [1.29, 1.82) is 5.26 Å². The Balaban J connectivity index is 2.83. The lowest BCUT2D eigenvalue weighted by atomic mass is 9.89. The van der Waals surface area contributed by atoms with Crippen molar-refractivity contribution < 1.29 is 9.53 Å². The maximum atomic E-state index is 10.9. The standard InChI is InChI=1S/C7H9NO2/c1-5-3-7(2,4-8)6(9)10-5/h5H,3H2,1-2H3. The van der Waals surface area contributed by atoms with Crippen LogP contribution in [0.4, 0.5) is 0 Å². The van der Waals surface area contributed by atoms with Gasteiger partial charge in [-0.15, -0.1) is 0 Å². The summed E-state index contributed by atoms with van der Waals surface area (Å²) in [5.74, 6) is -0.387. The molecule has 0 spiro atoms. The maximum absolute atomic E-state index is 10.9. The number of cyclic esters (lactones) is 1. The van der Waals surface area contributed by atoms with E-state index in [4.69, 9.17) is 10.00 Å². The zero-order valence-electron chi connectivity index (χ0n) is 6.05. The van der Waals surface area contributed by atoms with E-state index < -0.39 is 5.41 Å². The van der Waals surface area contributed by atoms with Gasteiger partial charge in [0.25, 0.3) is 0 Å². The molecule has 0 aromatic rings. The molecule has 3 nitrogen and oxygen atoms in total. The minimum Gasteiger partial charge on any atom is -0.461 e. The molecule has 0 N–H and O–H groups in total. The fourth-order valence-electron chi connectivity index (χ4n) is 1.10. The lowest BCUT2D eigenvalue weighted by molar-refractivity contribution is -0.145. The number of hydrogen-bond acceptors (Lipinski definition) is 3. The molecule has 1 saturated heterocycles. The molecule has 1 aliphatic rings. The second kappa shape index (κ2) is 1.98. The molecule has 0 aliphatic carbocycles. The van der Waals surface area contributed by atoms with Gasteiger partial charge in [0.05, 0.1) is 6.07 Å². The third-order valence-electron chi connectivity index (χ3n) is 1.70. The SMILES string of the molecule is CC1CC(C)(C#N)C(=O)O1. The number of nitrogens with zero attached hydrogens (tertiary/aromatic N) is 1. The van der Waals surface area contributed by atoms with Crippen LogP contribution >= 0.6 is 0 Å². The van der Waals surface area contributed by atoms with Gasteiger partial charge in [0.1, 0.15) is 6.10 Å². The van der Waals surface area contributed by atoms with Crippen LogP contribution in [0, 0.1) is 16.7 Å². The second-order valence-electron chi connectivity index (χ2n) is 2.86. The Labute approximate surface area is 59.6 Å². The lowest BCUT2D eigenvalue weighted by Crippen LogP contribution is -2.19. The first-order valence-electron chi connectivity index (χ1n) is 3.21. The molecular weight excluding hydrogens is 130 g/mol. The summed E-state index contributed by atoms with van der Waals surface area (Å²) in [7, 11) is 0. The summed E-state index contributed by atoms with van der Waals surface area (Å²) in [6.07, 6.45) is 0.416. The molecule has 2 atom stereocenters. The van der Waals surface area contributed by atoms with Crippen LogP contribution in [0.5, 0.6) is 0 Å². The van der Waals surface area contributed by atoms with Gasteiger partial charge in [-0.2, -0.15) is 5.26 Å². The Morgan fingerprint density at radius 2 is 2.50 bits per heavy atom. The smallest absolute Gasteiger partial charge is 0.326 e. The Bertz CT molecular complexity index is 206. The first-order valence-corrected chi connectivity index (χ1v) is 3.21. The van der Waals surface area contributed by atoms with Gasteiger partial charge in [0, 0.05) is 6.42 Å². The molecule has 1 heterocycles. The molecule has 54 valence electrons. The number of hydrogen-bond donors (Lipinski definition) is 0. The molecule has 0 amide bonds. The van der Waals surface area contributed by atoms with Crippen molar-refractivity contribution in [3.05, 3.63) is 0 Å². The molecule has 2 unspecified atom stereocenters. The maximum Gasteiger partial charge on any atom is 0.326 e. The highest BCUT2D eigenvalue weighted by atomic mass is 16.6. The molecule has 0 aromatic heterocycles. The fraction of sp³-hybridized carbons (Fsp3) is 0.714. The Kier molecular flexibility index (Phi) is 1.40. The van der Waals surface area contributed by atoms with E-state index in [2.05, 4.69) is 0 Å². The molecule has 3 heteroatoms. The molecule has 1 fully saturated rings. The first-order chi connectivity index (χ1) is 4.58. The summed E-state index contributed by atoms with van der Waals surface area (Å²) in [6, 6.07) is 1.95. The lowest BCUT2D eigenvalue weighted by Gasteiger charge is -2.04. The Morgan fingerprint density at radius 3 is 2.70 bits per heavy atom. The van der Waals surface area contributed by atoms with E-state index in [-0.39, 0.29) is 12.1 Å². The molecule has 10 heavy (non-hydrogen) atoms. The van der Waals surface area contributed by atoms with Gasteiger partial charge in [-0.05, 0) is 13.8 Å². The predicted molar refractivity (Wildman–Crippen MR) is 33.9 cm³/mol. The monoisotopic (exact) mass is 139 g/mol. The van der Waals surface area contributed by atoms with Gasteiger partial charge in [0.2, 0.25) is 0 Å². The van der Waals surface area contributed by atoms with E-state index in [1.165, 1.54) is 0 Å². The summed E-state index contributed by atoms with van der Waals surface area (Å²) in [5.41, 5.74) is -0.889. The Hall–Kier alpha value is -1.04. The first kappa shape index (κ1) is 7.07. The van der Waals surface area contributed by atoms with Crippen LogP contribution < -0.4 is 0 Å². The molecular formula is C7H9NO2. The summed E-state index contributed by atoms with van der Waals surface area (Å²) in [6.45, 7) is 3.40. The largest absolute Gasteiger partial charge is 0.461 e. The third-order valence-corrected chi connectivity index (χ3v) is 1.70. The highest BCUT2D eigenvalue weighted by molar-refractivity contribution is 5.81. The molecule has 0 radical (unpaired) electrons. The van der Waals surface area contributed by atoms with Gasteiger partial charge in [0.15, 0.2) is 5.41 Å². The number of ether oxygens (including phenoxy) is 1. The van der Waals surface area contributed by atoms with Crippen molar-refractivity contribution in [2.24, 2.45) is 5.41 Å². The van der Waals surface area contributed by atoms with Crippen molar-refractivity contribution in [3.8, 4) is 6.07 Å². The van der Waals surface area contributed by atoms with Crippen molar-refractivity contribution >= 4 is 5.97 Å². The average molecular weight is 139 g/mol. The summed E-state index contributed by atoms with van der Waals surface area (Å²) >= 11 is 0. The minimum absolute atomic E-state index is 0.0999. The van der Waals surface area contributed by atoms with Gasteiger partial charge >= 0.3 is 5.97 Å². The molecule has 0 bridgehead atoms. The number of nitriles is 1. The van der Waals surface area contributed by atoms with Crippen LogP contribution in [-0.2, 0) is 9.53 Å². The summed E-state index contributed by atoms with van der Waals surface area (Å²) in [4.78, 5) is 10.9. The van der Waals surface area contributed by atoms with Crippen LogP contribution in [0.25, 0.3) is 0 Å². The average Bonchev–Trinajstić information content (AvgIpc) is 2.09. The van der Waals surface area contributed by atoms with E-state index in [0.717, 1.165) is 0 Å². The third kappa shape index (κ3) is 0.860. The number of carbonyl (C=O) groups excluding carboxylic acids is 1. The topological polar surface area (TPSA) is 50.1 Å². The van der Waals surface area contributed by atoms with E-state index in [1.54, 1.807) is 13.8 Å². The normalized spacial score (nSPS) is 38.9. The molecule has 1 rings (SSSR count). The second-order valence-corrected chi connectivity index (χ2v) is 2.86. The highest BCUT2D eigenvalue weighted by Crippen LogP contribution is 2.32. The van der Waals surface area contributed by atoms with Gasteiger partial charge in [-0.25, -0.2) is 0 Å². The fourth-order valence-corrected chi connectivity index (χ4v) is 1.10. The van der Waals surface area contributed by atoms with Crippen molar-refractivity contribution in [1.82, 2.24) is 0 Å². The van der Waals surface area contributed by atoms with E-state index >= 15 is 0 Å². The van der Waals surface area contributed by atoms with Gasteiger partial charge in [-0.1, -0.05) is 0 Å². The molecule has 0 aromatic carbocycles. The number of carbonyl (C=O) groups is 1. The van der Waals surface area contributed by atoms with E-state index in [1.807, 2.05) is 6.07 Å². The van der Waals surface area contributed by atoms with Crippen LogP contribution in [0.15, 0.2) is 0 Å². The van der Waals surface area contributed by atoms with E-state index in [0.29, 0.717) is 6.42 Å². The van der Waals surface area contributed by atoms with E-state index in [9.17, 15) is 4.79 Å². The summed E-state index contributed by atoms with van der Waals surface area (Å²) in [5, 5.41) is 8.56. The summed E-state index contributed by atoms with van der Waals surface area (Å²) < 4.78 is 4.81. The Morgan fingerprint density at radius 1 is 1.90 bits per heavy atom. The van der Waals surface area contributed by atoms with Crippen LogP contribution in [0.3, 0.4) is 0 Å². The van der Waals surface area contributed by atoms with Gasteiger partial charge in [-0.3, -0.25) is 4.79 Å². The highest BCUT2D eigenvalue weighted by Gasteiger charge is 2.43. The van der Waals surface area contributed by atoms with Crippen LogP contribution in [0.2, 0.25) is 0 Å². The van der Waals surface area contributed by atoms with Crippen molar-refractivity contribution in [3.63, 3.8) is 0 Å². The van der Waals surface area contributed by atoms with Crippen LogP contribution in [0.1, 0.15) is 20.3 Å². The van der Waals surface area contributed by atoms with Crippen LogP contribution in [-0.4, -0.2) is 12.1 Å².